The third kappa shape index (κ3) is 5.13. The van der Waals surface area contributed by atoms with Crippen LogP contribution in [0, 0.1) is 0 Å². The van der Waals surface area contributed by atoms with Gasteiger partial charge in [0.1, 0.15) is 0 Å². The molecule has 1 fully saturated rings. The predicted octanol–water partition coefficient (Wildman–Crippen LogP) is 3.03. The van der Waals surface area contributed by atoms with Crippen molar-refractivity contribution in [2.45, 2.75) is 32.9 Å². The van der Waals surface area contributed by atoms with E-state index in [0.29, 0.717) is 0 Å². The van der Waals surface area contributed by atoms with Gasteiger partial charge >= 0.3 is 0 Å². The van der Waals surface area contributed by atoms with Crippen LogP contribution in [0.15, 0.2) is 24.3 Å². The number of nitrogen functional groups attached to an aromatic ring is 1. The standard InChI is InChI=1S/C15H25N3.2ClH/c1-3-18(4-2)15-8-9-17(12-15)11-13-6-5-7-14(16)10-13;;/h5-7,10,15H,3-4,8-9,11-12,16H2,1-2H3;2*1H. The average molecular weight is 320 g/mol. The molecule has 116 valence electrons. The van der Waals surface area contributed by atoms with Gasteiger partial charge in [-0.15, -0.1) is 24.8 Å². The molecule has 3 nitrogen and oxygen atoms in total. The lowest BCUT2D eigenvalue weighted by Crippen LogP contribution is -2.37. The van der Waals surface area contributed by atoms with Crippen molar-refractivity contribution < 1.29 is 0 Å². The molecule has 1 saturated heterocycles. The van der Waals surface area contributed by atoms with Crippen LogP contribution in [0.25, 0.3) is 0 Å². The summed E-state index contributed by atoms with van der Waals surface area (Å²) >= 11 is 0. The number of hydrogen-bond donors (Lipinski definition) is 1. The Balaban J connectivity index is 0.00000180. The van der Waals surface area contributed by atoms with E-state index in [1.807, 2.05) is 12.1 Å². The Morgan fingerprint density at radius 1 is 1.25 bits per heavy atom. The van der Waals surface area contributed by atoms with Crippen molar-refractivity contribution in [1.82, 2.24) is 9.80 Å². The van der Waals surface area contributed by atoms with Crippen molar-refractivity contribution >= 4 is 30.5 Å². The fourth-order valence-corrected chi connectivity index (χ4v) is 2.94. The van der Waals surface area contributed by atoms with Gasteiger partial charge in [0.2, 0.25) is 0 Å². The molecule has 2 N–H and O–H groups in total. The first-order chi connectivity index (χ1) is 8.72. The van der Waals surface area contributed by atoms with Crippen LogP contribution in [-0.2, 0) is 6.54 Å². The normalized spacial score (nSPS) is 18.6. The van der Waals surface area contributed by atoms with E-state index in [9.17, 15) is 0 Å². The summed E-state index contributed by atoms with van der Waals surface area (Å²) < 4.78 is 0. The lowest BCUT2D eigenvalue weighted by atomic mass is 10.2. The summed E-state index contributed by atoms with van der Waals surface area (Å²) in [4.78, 5) is 5.11. The summed E-state index contributed by atoms with van der Waals surface area (Å²) in [7, 11) is 0. The minimum atomic E-state index is 0. The number of likely N-dealkylation sites (tertiary alicyclic amines) is 1. The van der Waals surface area contributed by atoms with Gasteiger partial charge < -0.3 is 5.73 Å². The molecule has 1 aliphatic rings. The van der Waals surface area contributed by atoms with E-state index in [1.54, 1.807) is 0 Å². The molecule has 0 radical (unpaired) electrons. The third-order valence-corrected chi connectivity index (χ3v) is 3.93. The fourth-order valence-electron chi connectivity index (χ4n) is 2.94. The monoisotopic (exact) mass is 319 g/mol. The van der Waals surface area contributed by atoms with Gasteiger partial charge in [0, 0.05) is 31.4 Å². The minimum absolute atomic E-state index is 0. The van der Waals surface area contributed by atoms with Crippen molar-refractivity contribution in [3.63, 3.8) is 0 Å². The zero-order chi connectivity index (χ0) is 13.0. The maximum atomic E-state index is 5.82. The van der Waals surface area contributed by atoms with E-state index >= 15 is 0 Å². The van der Waals surface area contributed by atoms with Gasteiger partial charge in [-0.25, -0.2) is 0 Å². The summed E-state index contributed by atoms with van der Waals surface area (Å²) in [6.45, 7) is 10.3. The van der Waals surface area contributed by atoms with Crippen LogP contribution < -0.4 is 5.73 Å². The first-order valence-corrected chi connectivity index (χ1v) is 7.03. The number of nitrogens with two attached hydrogens (primary N) is 1. The Bertz CT molecular complexity index is 383. The van der Waals surface area contributed by atoms with E-state index in [4.69, 9.17) is 5.73 Å². The fraction of sp³-hybridized carbons (Fsp3) is 0.600. The highest BCUT2D eigenvalue weighted by atomic mass is 35.5. The zero-order valence-corrected chi connectivity index (χ0v) is 14.1. The largest absolute Gasteiger partial charge is 0.399 e. The molecule has 1 aromatic rings. The Morgan fingerprint density at radius 2 is 1.95 bits per heavy atom. The van der Waals surface area contributed by atoms with Gasteiger partial charge in [-0.1, -0.05) is 26.0 Å². The summed E-state index contributed by atoms with van der Waals surface area (Å²) in [6, 6.07) is 8.99. The molecule has 2 rings (SSSR count). The molecular formula is C15H27Cl2N3. The molecular weight excluding hydrogens is 293 g/mol. The topological polar surface area (TPSA) is 32.5 Å². The third-order valence-electron chi connectivity index (χ3n) is 3.93. The molecule has 1 aromatic carbocycles. The van der Waals surface area contributed by atoms with Crippen LogP contribution >= 0.6 is 24.8 Å². The van der Waals surface area contributed by atoms with Crippen molar-refractivity contribution in [2.75, 3.05) is 31.9 Å². The van der Waals surface area contributed by atoms with Gasteiger partial charge in [0.15, 0.2) is 0 Å². The Hall–Kier alpha value is -0.480. The van der Waals surface area contributed by atoms with Gasteiger partial charge in [-0.3, -0.25) is 9.80 Å². The SMILES string of the molecule is CCN(CC)C1CCN(Cc2cccc(N)c2)C1.Cl.Cl. The Labute approximate surface area is 135 Å². The number of anilines is 1. The second kappa shape index (κ2) is 9.46. The Kier molecular flexibility index (Phi) is 9.23. The minimum Gasteiger partial charge on any atom is -0.399 e. The molecule has 5 heteroatoms. The lowest BCUT2D eigenvalue weighted by molar-refractivity contribution is 0.209. The van der Waals surface area contributed by atoms with Crippen LogP contribution in [0.4, 0.5) is 5.69 Å². The molecule has 1 unspecified atom stereocenters. The number of nitrogens with zero attached hydrogens (tertiary/aromatic N) is 2. The molecule has 0 aliphatic carbocycles. The summed E-state index contributed by atoms with van der Waals surface area (Å²) in [6.07, 6.45) is 1.30. The first-order valence-electron chi connectivity index (χ1n) is 7.03. The van der Waals surface area contributed by atoms with Gasteiger partial charge in [-0.2, -0.15) is 0 Å². The van der Waals surface area contributed by atoms with Crippen LogP contribution in [0.2, 0.25) is 0 Å². The first kappa shape index (κ1) is 19.5. The second-order valence-corrected chi connectivity index (χ2v) is 5.14. The van der Waals surface area contributed by atoms with Crippen LogP contribution in [0.1, 0.15) is 25.8 Å². The smallest absolute Gasteiger partial charge is 0.0317 e. The van der Waals surface area contributed by atoms with Crippen molar-refractivity contribution in [3.8, 4) is 0 Å². The van der Waals surface area contributed by atoms with E-state index < -0.39 is 0 Å². The maximum absolute atomic E-state index is 5.82. The van der Waals surface area contributed by atoms with E-state index in [2.05, 4.69) is 35.8 Å². The predicted molar refractivity (Wildman–Crippen MR) is 92.0 cm³/mol. The van der Waals surface area contributed by atoms with Gasteiger partial charge in [-0.05, 0) is 37.2 Å². The molecule has 1 aliphatic heterocycles. The average Bonchev–Trinajstić information content (AvgIpc) is 2.79. The second-order valence-electron chi connectivity index (χ2n) is 5.14. The number of halogens is 2. The molecule has 0 bridgehead atoms. The lowest BCUT2D eigenvalue weighted by Gasteiger charge is -2.26. The van der Waals surface area contributed by atoms with E-state index in [1.165, 1.54) is 25.1 Å². The zero-order valence-electron chi connectivity index (χ0n) is 12.4. The van der Waals surface area contributed by atoms with Crippen molar-refractivity contribution in [3.05, 3.63) is 29.8 Å². The van der Waals surface area contributed by atoms with Crippen LogP contribution in [-0.4, -0.2) is 42.0 Å². The molecule has 20 heavy (non-hydrogen) atoms. The highest BCUT2D eigenvalue weighted by molar-refractivity contribution is 5.85. The molecule has 0 aromatic heterocycles. The molecule has 1 atom stereocenters. The molecule has 0 saturated carbocycles. The quantitative estimate of drug-likeness (QED) is 0.847. The molecule has 0 amide bonds. The van der Waals surface area contributed by atoms with Crippen LogP contribution in [0.5, 0.6) is 0 Å². The van der Waals surface area contributed by atoms with Gasteiger partial charge in [0.05, 0.1) is 0 Å². The molecule has 1 heterocycles. The summed E-state index contributed by atoms with van der Waals surface area (Å²) in [5.74, 6) is 0. The summed E-state index contributed by atoms with van der Waals surface area (Å²) in [5.41, 5.74) is 8.02. The van der Waals surface area contributed by atoms with Crippen molar-refractivity contribution in [1.29, 1.82) is 0 Å². The molecule has 0 spiro atoms. The highest BCUT2D eigenvalue weighted by Gasteiger charge is 2.25. The maximum Gasteiger partial charge on any atom is 0.0317 e. The number of likely N-dealkylation sites (N-methyl/N-ethyl adjacent to an activating group) is 1. The number of rotatable bonds is 5. The van der Waals surface area contributed by atoms with E-state index in [-0.39, 0.29) is 24.8 Å². The van der Waals surface area contributed by atoms with E-state index in [0.717, 1.165) is 31.4 Å². The number of hydrogen-bond acceptors (Lipinski definition) is 3. The Morgan fingerprint density at radius 3 is 2.55 bits per heavy atom. The van der Waals surface area contributed by atoms with Gasteiger partial charge in [0.25, 0.3) is 0 Å². The highest BCUT2D eigenvalue weighted by Crippen LogP contribution is 2.18. The summed E-state index contributed by atoms with van der Waals surface area (Å²) in [5, 5.41) is 0. The van der Waals surface area contributed by atoms with Crippen LogP contribution in [0.3, 0.4) is 0 Å². The number of benzene rings is 1. The van der Waals surface area contributed by atoms with Crippen molar-refractivity contribution in [2.24, 2.45) is 0 Å².